The van der Waals surface area contributed by atoms with Gasteiger partial charge in [0.1, 0.15) is 7.85 Å². The summed E-state index contributed by atoms with van der Waals surface area (Å²) in [6.07, 6.45) is 1.44. The molecule has 0 aliphatic carbocycles. The van der Waals surface area contributed by atoms with Crippen LogP contribution in [-0.4, -0.2) is 18.7 Å². The molecule has 2 radical (unpaired) electrons. The molecule has 1 amide bonds. The minimum atomic E-state index is -0.492. The van der Waals surface area contributed by atoms with Gasteiger partial charge in [-0.25, -0.2) is 0 Å². The van der Waals surface area contributed by atoms with E-state index < -0.39 is 5.91 Å². The van der Waals surface area contributed by atoms with Crippen molar-refractivity contribution < 1.29 is 4.79 Å². The van der Waals surface area contributed by atoms with E-state index >= 15 is 0 Å². The topological polar surface area (TPSA) is 56.0 Å². The molecule has 0 fully saturated rings. The van der Waals surface area contributed by atoms with Gasteiger partial charge in [0, 0.05) is 11.8 Å². The number of primary amides is 1. The fourth-order valence-electron chi connectivity index (χ4n) is 0.602. The summed E-state index contributed by atoms with van der Waals surface area (Å²) in [5.74, 6) is -0.492. The van der Waals surface area contributed by atoms with Gasteiger partial charge in [0.15, 0.2) is 0 Å². The lowest BCUT2D eigenvalue weighted by Gasteiger charge is -1.94. The van der Waals surface area contributed by atoms with Gasteiger partial charge in [-0.2, -0.15) is 0 Å². The Labute approximate surface area is 59.7 Å². The molecule has 0 unspecified atom stereocenters. The summed E-state index contributed by atoms with van der Waals surface area (Å²) >= 11 is 0. The zero-order valence-corrected chi connectivity index (χ0v) is 5.24. The Bertz CT molecular complexity index is 262. The van der Waals surface area contributed by atoms with Gasteiger partial charge >= 0.3 is 0 Å². The van der Waals surface area contributed by atoms with Crippen LogP contribution in [0.15, 0.2) is 18.3 Å². The molecule has 0 aromatic carbocycles. The van der Waals surface area contributed by atoms with Crippen molar-refractivity contribution in [3.8, 4) is 0 Å². The standard InChI is InChI=1S/C6H5BN2O/c7-5-3-4(6(8)10)1-2-9-5/h1-3H,(H2,8,10). The van der Waals surface area contributed by atoms with Gasteiger partial charge in [-0.3, -0.25) is 9.78 Å². The van der Waals surface area contributed by atoms with E-state index in [9.17, 15) is 4.79 Å². The molecular weight excluding hydrogens is 127 g/mol. The van der Waals surface area contributed by atoms with Crippen molar-refractivity contribution in [3.05, 3.63) is 23.9 Å². The average molecular weight is 132 g/mol. The van der Waals surface area contributed by atoms with Crippen LogP contribution in [0.3, 0.4) is 0 Å². The van der Waals surface area contributed by atoms with Crippen LogP contribution in [0.5, 0.6) is 0 Å². The highest BCUT2D eigenvalue weighted by molar-refractivity contribution is 6.31. The second-order valence-electron chi connectivity index (χ2n) is 1.83. The van der Waals surface area contributed by atoms with Crippen molar-refractivity contribution in [3.63, 3.8) is 0 Å². The molecule has 0 aliphatic heterocycles. The third kappa shape index (κ3) is 1.34. The van der Waals surface area contributed by atoms with Crippen LogP contribution in [0.2, 0.25) is 0 Å². The minimum Gasteiger partial charge on any atom is -0.366 e. The first-order valence-corrected chi connectivity index (χ1v) is 2.71. The van der Waals surface area contributed by atoms with E-state index in [1.165, 1.54) is 18.3 Å². The highest BCUT2D eigenvalue weighted by atomic mass is 16.1. The van der Waals surface area contributed by atoms with Gasteiger partial charge in [-0.05, 0) is 17.7 Å². The number of carbonyl (C=O) groups is 1. The second kappa shape index (κ2) is 2.52. The zero-order valence-electron chi connectivity index (χ0n) is 5.24. The summed E-state index contributed by atoms with van der Waals surface area (Å²) in [6.45, 7) is 0. The van der Waals surface area contributed by atoms with E-state index in [4.69, 9.17) is 13.6 Å². The van der Waals surface area contributed by atoms with E-state index in [0.29, 0.717) is 11.2 Å². The Hall–Kier alpha value is -1.32. The summed E-state index contributed by atoms with van der Waals surface area (Å²) < 4.78 is 0. The number of rotatable bonds is 1. The number of aromatic nitrogens is 1. The van der Waals surface area contributed by atoms with Crippen LogP contribution in [0, 0.1) is 0 Å². The molecule has 3 nitrogen and oxygen atoms in total. The molecular formula is C6H5BN2O. The molecule has 1 aromatic rings. The predicted molar refractivity (Wildman–Crippen MR) is 38.1 cm³/mol. The predicted octanol–water partition coefficient (Wildman–Crippen LogP) is -1.03. The monoisotopic (exact) mass is 132 g/mol. The van der Waals surface area contributed by atoms with Crippen LogP contribution >= 0.6 is 0 Å². The van der Waals surface area contributed by atoms with E-state index in [0.717, 1.165) is 0 Å². The molecule has 0 atom stereocenters. The SMILES string of the molecule is [B]c1cc(C(N)=O)ccn1. The number of carbonyl (C=O) groups excluding carboxylic acids is 1. The molecule has 10 heavy (non-hydrogen) atoms. The fourth-order valence-corrected chi connectivity index (χ4v) is 0.602. The van der Waals surface area contributed by atoms with E-state index in [1.807, 2.05) is 0 Å². The molecule has 0 bridgehead atoms. The average Bonchev–Trinajstić information content (AvgIpc) is 1.88. The van der Waals surface area contributed by atoms with E-state index in [-0.39, 0.29) is 0 Å². The first-order chi connectivity index (χ1) is 4.70. The summed E-state index contributed by atoms with van der Waals surface area (Å²) in [7, 11) is 5.28. The maximum absolute atomic E-state index is 10.5. The molecule has 0 aliphatic rings. The summed E-state index contributed by atoms with van der Waals surface area (Å²) in [5.41, 5.74) is 5.64. The van der Waals surface area contributed by atoms with Gasteiger partial charge in [0.05, 0.1) is 0 Å². The maximum Gasteiger partial charge on any atom is 0.248 e. The molecule has 48 valence electrons. The molecule has 1 rings (SSSR count). The Balaban J connectivity index is 3.07. The van der Waals surface area contributed by atoms with Crippen LogP contribution < -0.4 is 11.3 Å². The quantitative estimate of drug-likeness (QED) is 0.497. The van der Waals surface area contributed by atoms with Crippen LogP contribution in [0.4, 0.5) is 0 Å². The number of pyridine rings is 1. The first-order valence-electron chi connectivity index (χ1n) is 2.71. The van der Waals surface area contributed by atoms with Crippen molar-refractivity contribution in [1.29, 1.82) is 0 Å². The van der Waals surface area contributed by atoms with Crippen LogP contribution in [0.1, 0.15) is 10.4 Å². The van der Waals surface area contributed by atoms with Crippen molar-refractivity contribution in [2.45, 2.75) is 0 Å². The molecule has 1 heterocycles. The highest BCUT2D eigenvalue weighted by Gasteiger charge is 1.97. The molecule has 4 heteroatoms. The number of hydrogen-bond donors (Lipinski definition) is 1. The summed E-state index contributed by atoms with van der Waals surface area (Å²) in [5, 5.41) is 0. The normalized spacial score (nSPS) is 9.20. The van der Waals surface area contributed by atoms with Gasteiger partial charge in [0.2, 0.25) is 5.91 Å². The van der Waals surface area contributed by atoms with Crippen LogP contribution in [-0.2, 0) is 0 Å². The van der Waals surface area contributed by atoms with Crippen LogP contribution in [0.25, 0.3) is 0 Å². The minimum absolute atomic E-state index is 0.302. The Morgan fingerprint density at radius 1 is 1.70 bits per heavy atom. The van der Waals surface area contributed by atoms with E-state index in [2.05, 4.69) is 4.98 Å². The number of nitrogens with zero attached hydrogens (tertiary/aromatic N) is 1. The Kier molecular flexibility index (Phi) is 1.71. The molecule has 0 saturated heterocycles. The maximum atomic E-state index is 10.5. The number of amides is 1. The molecule has 1 aromatic heterocycles. The lowest BCUT2D eigenvalue weighted by Crippen LogP contribution is -2.16. The van der Waals surface area contributed by atoms with Crippen molar-refractivity contribution in [2.24, 2.45) is 5.73 Å². The van der Waals surface area contributed by atoms with Crippen molar-refractivity contribution >= 4 is 19.3 Å². The van der Waals surface area contributed by atoms with Gasteiger partial charge in [0.25, 0.3) is 0 Å². The fraction of sp³-hybridized carbons (Fsp3) is 0. The van der Waals surface area contributed by atoms with Gasteiger partial charge < -0.3 is 5.73 Å². The smallest absolute Gasteiger partial charge is 0.248 e. The lowest BCUT2D eigenvalue weighted by atomic mass is 10.0. The Morgan fingerprint density at radius 2 is 2.40 bits per heavy atom. The summed E-state index contributed by atoms with van der Waals surface area (Å²) in [6, 6.07) is 2.95. The third-order valence-electron chi connectivity index (χ3n) is 1.07. The Morgan fingerprint density at radius 3 is 2.80 bits per heavy atom. The highest BCUT2D eigenvalue weighted by Crippen LogP contribution is 1.90. The van der Waals surface area contributed by atoms with Crippen molar-refractivity contribution in [2.75, 3.05) is 0 Å². The molecule has 0 saturated carbocycles. The molecule has 2 N–H and O–H groups in total. The first kappa shape index (κ1) is 6.80. The third-order valence-corrected chi connectivity index (χ3v) is 1.07. The molecule has 0 spiro atoms. The summed E-state index contributed by atoms with van der Waals surface area (Å²) in [4.78, 5) is 14.2. The zero-order chi connectivity index (χ0) is 7.56. The number of hydrogen-bond acceptors (Lipinski definition) is 2. The van der Waals surface area contributed by atoms with E-state index in [1.54, 1.807) is 0 Å². The van der Waals surface area contributed by atoms with Crippen molar-refractivity contribution in [1.82, 2.24) is 4.98 Å². The number of nitrogens with two attached hydrogens (primary N) is 1. The second-order valence-corrected chi connectivity index (χ2v) is 1.83. The largest absolute Gasteiger partial charge is 0.366 e. The van der Waals surface area contributed by atoms with Gasteiger partial charge in [-0.15, -0.1) is 0 Å². The lowest BCUT2D eigenvalue weighted by molar-refractivity contribution is 0.100. The van der Waals surface area contributed by atoms with Gasteiger partial charge in [-0.1, -0.05) is 0 Å².